The number of nitrogens with one attached hydrogen (secondary N) is 3. The van der Waals surface area contributed by atoms with Crippen molar-refractivity contribution >= 4 is 40.6 Å². The molecule has 0 unspecified atom stereocenters. The molecule has 0 spiro atoms. The number of hydrogen-bond donors (Lipinski definition) is 4. The lowest BCUT2D eigenvalue weighted by atomic mass is 9.84. The number of benzene rings is 2. The highest BCUT2D eigenvalue weighted by Crippen LogP contribution is 2.45. The van der Waals surface area contributed by atoms with Crippen molar-refractivity contribution in [1.82, 2.24) is 70.2 Å². The van der Waals surface area contributed by atoms with Crippen LogP contribution in [0, 0.1) is 23.3 Å². The maximum atomic E-state index is 15.0. The van der Waals surface area contributed by atoms with Crippen molar-refractivity contribution in [3.8, 4) is 11.4 Å². The molecule has 18 nitrogen and oxygen atoms in total. The van der Waals surface area contributed by atoms with Crippen LogP contribution in [-0.2, 0) is 0 Å². The Labute approximate surface area is 414 Å². The van der Waals surface area contributed by atoms with Gasteiger partial charge in [-0.25, -0.2) is 36.9 Å². The van der Waals surface area contributed by atoms with Crippen LogP contribution in [0.25, 0.3) is 11.4 Å². The van der Waals surface area contributed by atoms with E-state index in [9.17, 15) is 13.2 Å². The van der Waals surface area contributed by atoms with Gasteiger partial charge in [-0.15, -0.1) is 10.2 Å². The summed E-state index contributed by atoms with van der Waals surface area (Å²) in [4.78, 5) is 21.2. The van der Waals surface area contributed by atoms with Crippen molar-refractivity contribution in [3.05, 3.63) is 89.0 Å². The normalized spacial score (nSPS) is 23.4. The maximum Gasteiger partial charge on any atom is 0.229 e. The first-order valence-electron chi connectivity index (χ1n) is 24.5. The molecule has 376 valence electrons. The lowest BCUT2D eigenvalue weighted by molar-refractivity contribution is 0.0498. The van der Waals surface area contributed by atoms with Gasteiger partial charge >= 0.3 is 0 Å². The molecule has 0 amide bonds. The molecule has 2 aliphatic carbocycles. The van der Waals surface area contributed by atoms with Crippen LogP contribution >= 0.6 is 11.6 Å². The average Bonchev–Trinajstić information content (AvgIpc) is 4.00. The standard InChI is InChI=1S/C24H29F2N9.C14H20ClFN4.C10H10FN5/c1-24(2)11-15(8-16-4-3-7-34(16)24)29-22-19(26)12-27-23(31-22)30-20-10-21(35-13-28-32-33-35)17(9-18(20)25)14-5-6-14;1-14(2)7-9(6-10-4-3-5-20(10)14)18-12-11(16)8-17-13(15)19-12;11-8-3-7(6-1-2-6)10(4-9(8)12)16-5-13-14-15-16/h9-10,12-16H,3-8,11H2,1-2H3,(H2,27,29,30,31);8-10H,3-7H2,1-2H3,(H,17,18,19);3-6H,1-2,12H2/t15-,16+;9-,10+;/m11./s1. The summed E-state index contributed by atoms with van der Waals surface area (Å²) < 4.78 is 59.9. The molecule has 8 heterocycles. The summed E-state index contributed by atoms with van der Waals surface area (Å²) in [6.45, 7) is 11.3. The first kappa shape index (κ1) is 48.5. The van der Waals surface area contributed by atoms with Crippen LogP contribution in [0.15, 0.2) is 49.3 Å². The first-order valence-corrected chi connectivity index (χ1v) is 24.9. The summed E-state index contributed by atoms with van der Waals surface area (Å²) in [5, 5.41) is 31.9. The summed E-state index contributed by atoms with van der Waals surface area (Å²) in [5.74, 6) is -0.599. The van der Waals surface area contributed by atoms with Crippen LogP contribution in [0.3, 0.4) is 0 Å². The number of hydrogen-bond acceptors (Lipinski definition) is 16. The Bertz CT molecular complexity index is 2820. The third-order valence-corrected chi connectivity index (χ3v) is 15.0. The van der Waals surface area contributed by atoms with Crippen molar-refractivity contribution < 1.29 is 17.6 Å². The fourth-order valence-corrected chi connectivity index (χ4v) is 11.5. The smallest absolute Gasteiger partial charge is 0.229 e. The van der Waals surface area contributed by atoms with Gasteiger partial charge in [0, 0.05) is 35.2 Å². The Morgan fingerprint density at radius 1 is 0.634 bits per heavy atom. The SMILES string of the molecule is CC1(C)C[C@H](Nc2nc(Cl)ncc2F)C[C@@H]2CCCN21.CC1(C)C[C@H](Nc2nc(Nc3cc(-n4cnnn4)c(C4CC4)cc3F)ncc2F)C[C@@H]2CCCN21.Nc1cc(-n2cnnn2)c(C2CC2)cc1F. The minimum atomic E-state index is -0.527. The second-order valence-corrected chi connectivity index (χ2v) is 21.2. The van der Waals surface area contributed by atoms with Crippen LogP contribution in [-0.4, -0.2) is 118 Å². The van der Waals surface area contributed by atoms with Crippen molar-refractivity contribution in [2.75, 3.05) is 34.8 Å². The molecule has 4 aromatic heterocycles. The number of nitrogens with zero attached hydrogens (tertiary/aromatic N) is 14. The van der Waals surface area contributed by atoms with E-state index in [0.29, 0.717) is 29.6 Å². The number of rotatable bonds is 10. The van der Waals surface area contributed by atoms with Crippen LogP contribution in [0.5, 0.6) is 0 Å². The summed E-state index contributed by atoms with van der Waals surface area (Å²) >= 11 is 5.74. The van der Waals surface area contributed by atoms with Crippen LogP contribution in [0.1, 0.15) is 128 Å². The lowest BCUT2D eigenvalue weighted by Gasteiger charge is -2.47. The molecule has 6 fully saturated rings. The van der Waals surface area contributed by atoms with Crippen molar-refractivity contribution in [2.24, 2.45) is 0 Å². The van der Waals surface area contributed by atoms with E-state index in [0.717, 1.165) is 87.1 Å². The molecular formula is C48H59ClF4N18. The number of nitrogens with two attached hydrogens (primary N) is 1. The molecule has 5 N–H and O–H groups in total. The molecule has 12 rings (SSSR count). The molecule has 4 aliphatic heterocycles. The van der Waals surface area contributed by atoms with E-state index < -0.39 is 17.5 Å². The molecule has 6 aliphatic rings. The molecule has 6 aromatic rings. The predicted octanol–water partition coefficient (Wildman–Crippen LogP) is 8.52. The van der Waals surface area contributed by atoms with Gasteiger partial charge in [-0.1, -0.05) is 0 Å². The Morgan fingerprint density at radius 3 is 1.66 bits per heavy atom. The summed E-state index contributed by atoms with van der Waals surface area (Å²) in [6, 6.07) is 7.66. The van der Waals surface area contributed by atoms with Crippen molar-refractivity contribution in [3.63, 3.8) is 0 Å². The lowest BCUT2D eigenvalue weighted by Crippen LogP contribution is -2.55. The van der Waals surface area contributed by atoms with E-state index in [4.69, 9.17) is 17.3 Å². The Balaban J connectivity index is 0.000000136. The molecule has 4 atom stereocenters. The molecule has 71 heavy (non-hydrogen) atoms. The largest absolute Gasteiger partial charge is 0.396 e. The van der Waals surface area contributed by atoms with Gasteiger partial charge in [-0.3, -0.25) is 9.80 Å². The van der Waals surface area contributed by atoms with Crippen LogP contribution in [0.4, 0.5) is 46.5 Å². The Hall–Kier alpha value is -6.13. The summed E-state index contributed by atoms with van der Waals surface area (Å²) in [6.07, 6.45) is 18.1. The van der Waals surface area contributed by atoms with Gasteiger partial charge < -0.3 is 21.7 Å². The van der Waals surface area contributed by atoms with Crippen molar-refractivity contribution in [2.45, 2.75) is 152 Å². The van der Waals surface area contributed by atoms with Gasteiger partial charge in [0.2, 0.25) is 11.2 Å². The van der Waals surface area contributed by atoms with Gasteiger partial charge in [-0.05, 0) is 198 Å². The number of anilines is 5. The highest BCUT2D eigenvalue weighted by atomic mass is 35.5. The monoisotopic (exact) mass is 998 g/mol. The second-order valence-electron chi connectivity index (χ2n) is 20.9. The molecule has 0 bridgehead atoms. The van der Waals surface area contributed by atoms with E-state index >= 15 is 4.39 Å². The highest BCUT2D eigenvalue weighted by Gasteiger charge is 2.44. The molecule has 4 saturated heterocycles. The van der Waals surface area contributed by atoms with E-state index in [1.165, 1.54) is 66.4 Å². The van der Waals surface area contributed by atoms with Crippen molar-refractivity contribution in [1.29, 1.82) is 0 Å². The number of aromatic nitrogens is 12. The van der Waals surface area contributed by atoms with Gasteiger partial charge in [0.15, 0.2) is 23.3 Å². The zero-order valence-electron chi connectivity index (χ0n) is 40.2. The molecular weight excluding hydrogens is 940 g/mol. The molecule has 2 aromatic carbocycles. The van der Waals surface area contributed by atoms with E-state index in [2.05, 4.69) is 104 Å². The third-order valence-electron chi connectivity index (χ3n) is 14.8. The van der Waals surface area contributed by atoms with Crippen LogP contribution in [0.2, 0.25) is 5.28 Å². The van der Waals surface area contributed by atoms with Gasteiger partial charge in [-0.2, -0.15) is 9.97 Å². The summed E-state index contributed by atoms with van der Waals surface area (Å²) in [7, 11) is 0. The third kappa shape index (κ3) is 10.9. The average molecular weight is 1000 g/mol. The second kappa shape index (κ2) is 19.8. The zero-order valence-corrected chi connectivity index (χ0v) is 41.0. The minimum absolute atomic E-state index is 0.0424. The minimum Gasteiger partial charge on any atom is -0.396 e. The number of fused-ring (bicyclic) bond motifs is 2. The Morgan fingerprint density at radius 2 is 1.14 bits per heavy atom. The fraction of sp³-hybridized carbons (Fsp3) is 0.542. The summed E-state index contributed by atoms with van der Waals surface area (Å²) in [5.41, 5.74) is 9.31. The molecule has 0 radical (unpaired) electrons. The van der Waals surface area contributed by atoms with E-state index in [-0.39, 0.29) is 63.2 Å². The quantitative estimate of drug-likeness (QED) is 0.0576. The zero-order chi connectivity index (χ0) is 49.6. The van der Waals surface area contributed by atoms with E-state index in [1.807, 2.05) is 0 Å². The number of piperidine rings is 2. The number of halogens is 5. The van der Waals surface area contributed by atoms with Crippen LogP contribution < -0.4 is 21.7 Å². The van der Waals surface area contributed by atoms with E-state index in [1.54, 1.807) is 12.1 Å². The fourth-order valence-electron chi connectivity index (χ4n) is 11.4. The Kier molecular flexibility index (Phi) is 13.5. The highest BCUT2D eigenvalue weighted by molar-refractivity contribution is 6.28. The van der Waals surface area contributed by atoms with Gasteiger partial charge in [0.25, 0.3) is 0 Å². The predicted molar refractivity (Wildman–Crippen MR) is 260 cm³/mol. The molecule has 23 heteroatoms. The molecule has 2 saturated carbocycles. The van der Waals surface area contributed by atoms with Gasteiger partial charge in [0.05, 0.1) is 35.1 Å². The van der Waals surface area contributed by atoms with Gasteiger partial charge in [0.1, 0.15) is 24.3 Å². The number of tetrazole rings is 2. The first-order chi connectivity index (χ1) is 34.1. The number of nitrogen functional groups attached to an aromatic ring is 1. The maximum absolute atomic E-state index is 15.0. The topological polar surface area (TPSA) is 207 Å².